The molecule has 0 amide bonds. The smallest absolute Gasteiger partial charge is 0.246 e. The van der Waals surface area contributed by atoms with Crippen LogP contribution in [0.4, 0.5) is 5.95 Å². The van der Waals surface area contributed by atoms with Crippen molar-refractivity contribution in [3.05, 3.63) is 12.4 Å². The number of hydrogen-bond acceptors (Lipinski definition) is 7. The number of nitrogens with zero attached hydrogens (tertiary/aromatic N) is 3. The third-order valence-corrected chi connectivity index (χ3v) is 4.70. The van der Waals surface area contributed by atoms with Crippen molar-refractivity contribution in [2.75, 3.05) is 18.5 Å². The monoisotopic (exact) mass is 301 g/mol. The summed E-state index contributed by atoms with van der Waals surface area (Å²) in [4.78, 5) is 7.70. The fourth-order valence-corrected chi connectivity index (χ4v) is 3.81. The number of morpholine rings is 1. The zero-order chi connectivity index (χ0) is 15.0. The van der Waals surface area contributed by atoms with Gasteiger partial charge in [0.15, 0.2) is 0 Å². The quantitative estimate of drug-likeness (QED) is 0.595. The van der Waals surface area contributed by atoms with Crippen molar-refractivity contribution < 1.29 is 13.2 Å². The third-order valence-electron chi connectivity index (χ3n) is 2.93. The van der Waals surface area contributed by atoms with E-state index in [4.69, 9.17) is 10.6 Å². The van der Waals surface area contributed by atoms with Crippen LogP contribution in [0.25, 0.3) is 0 Å². The summed E-state index contributed by atoms with van der Waals surface area (Å²) in [5.41, 5.74) is 1.73. The maximum Gasteiger partial charge on any atom is 0.246 e. The Morgan fingerprint density at radius 2 is 2.05 bits per heavy atom. The number of nitrogens with two attached hydrogens (primary N) is 1. The van der Waals surface area contributed by atoms with Gasteiger partial charge in [0.25, 0.3) is 0 Å². The first-order chi connectivity index (χ1) is 9.24. The van der Waals surface area contributed by atoms with Gasteiger partial charge in [-0.2, -0.15) is 4.31 Å². The van der Waals surface area contributed by atoms with Crippen LogP contribution in [0.1, 0.15) is 20.8 Å². The Morgan fingerprint density at radius 3 is 2.55 bits per heavy atom. The molecule has 3 N–H and O–H groups in total. The van der Waals surface area contributed by atoms with E-state index in [1.807, 2.05) is 20.8 Å². The second-order valence-electron chi connectivity index (χ2n) is 5.37. The molecule has 20 heavy (non-hydrogen) atoms. The zero-order valence-electron chi connectivity index (χ0n) is 11.7. The fraction of sp³-hybridized carbons (Fsp3) is 0.636. The van der Waals surface area contributed by atoms with E-state index in [2.05, 4.69) is 15.4 Å². The van der Waals surface area contributed by atoms with Crippen molar-refractivity contribution in [3.8, 4) is 0 Å². The minimum Gasteiger partial charge on any atom is -0.370 e. The molecule has 0 radical (unpaired) electrons. The van der Waals surface area contributed by atoms with Crippen LogP contribution in [0.3, 0.4) is 0 Å². The minimum absolute atomic E-state index is 0.0430. The number of nitrogen functional groups attached to an aromatic ring is 1. The van der Waals surface area contributed by atoms with Gasteiger partial charge < -0.3 is 4.74 Å². The van der Waals surface area contributed by atoms with Gasteiger partial charge in [-0.3, -0.25) is 5.43 Å². The van der Waals surface area contributed by atoms with Crippen molar-refractivity contribution >= 4 is 16.0 Å². The molecule has 9 heteroatoms. The third kappa shape index (κ3) is 3.06. The highest BCUT2D eigenvalue weighted by Gasteiger charge is 2.38. The number of nitrogens with one attached hydrogen (secondary N) is 1. The van der Waals surface area contributed by atoms with Gasteiger partial charge in [0.05, 0.1) is 24.1 Å². The molecule has 0 bridgehead atoms. The van der Waals surface area contributed by atoms with Crippen LogP contribution in [-0.4, -0.2) is 47.5 Å². The van der Waals surface area contributed by atoms with Crippen LogP contribution >= 0.6 is 0 Å². The number of sulfonamides is 1. The van der Waals surface area contributed by atoms with Gasteiger partial charge in [0.1, 0.15) is 4.90 Å². The number of hydrogen-bond donors (Lipinski definition) is 2. The summed E-state index contributed by atoms with van der Waals surface area (Å²) in [5.74, 6) is 5.32. The lowest BCUT2D eigenvalue weighted by molar-refractivity contribution is -0.109. The van der Waals surface area contributed by atoms with Gasteiger partial charge in [0, 0.05) is 13.1 Å². The predicted octanol–water partition coefficient (Wildman–Crippen LogP) is -0.0498. The Hall–Kier alpha value is -1.29. The van der Waals surface area contributed by atoms with Crippen molar-refractivity contribution in [2.45, 2.75) is 37.4 Å². The van der Waals surface area contributed by atoms with Crippen LogP contribution in [0.15, 0.2) is 17.3 Å². The van der Waals surface area contributed by atoms with Crippen LogP contribution in [0.5, 0.6) is 0 Å². The molecule has 8 nitrogen and oxygen atoms in total. The molecule has 0 aromatic carbocycles. The highest BCUT2D eigenvalue weighted by atomic mass is 32.2. The second-order valence-corrected chi connectivity index (χ2v) is 7.31. The SMILES string of the molecule is CC1CN(S(=O)(=O)c2cnc(NN)nc2)CC(C)(C)O1. The van der Waals surface area contributed by atoms with Crippen molar-refractivity contribution in [1.29, 1.82) is 0 Å². The second kappa shape index (κ2) is 5.24. The lowest BCUT2D eigenvalue weighted by atomic mass is 10.1. The highest BCUT2D eigenvalue weighted by molar-refractivity contribution is 7.89. The van der Waals surface area contributed by atoms with Crippen LogP contribution in [-0.2, 0) is 14.8 Å². The summed E-state index contributed by atoms with van der Waals surface area (Å²) in [6.45, 7) is 6.17. The molecule has 0 saturated carbocycles. The molecule has 1 unspecified atom stereocenters. The highest BCUT2D eigenvalue weighted by Crippen LogP contribution is 2.25. The van der Waals surface area contributed by atoms with Crippen molar-refractivity contribution in [2.24, 2.45) is 5.84 Å². The van der Waals surface area contributed by atoms with Crippen LogP contribution in [0.2, 0.25) is 0 Å². The van der Waals surface area contributed by atoms with Crippen molar-refractivity contribution in [1.82, 2.24) is 14.3 Å². The lowest BCUT2D eigenvalue weighted by Gasteiger charge is -2.40. The summed E-state index contributed by atoms with van der Waals surface area (Å²) in [6, 6.07) is 0. The fourth-order valence-electron chi connectivity index (χ4n) is 2.25. The Labute approximate surface area is 118 Å². The topological polar surface area (TPSA) is 110 Å². The average Bonchev–Trinajstić information content (AvgIpc) is 2.36. The van der Waals surface area contributed by atoms with Crippen LogP contribution in [0, 0.1) is 0 Å². The molecule has 2 heterocycles. The van der Waals surface area contributed by atoms with Crippen LogP contribution < -0.4 is 11.3 Å². The molecule has 112 valence electrons. The lowest BCUT2D eigenvalue weighted by Crippen LogP contribution is -2.53. The molecular weight excluding hydrogens is 282 g/mol. The molecule has 1 aromatic heterocycles. The number of rotatable bonds is 3. The molecule has 1 atom stereocenters. The maximum atomic E-state index is 12.6. The molecule has 1 aliphatic heterocycles. The molecule has 1 fully saturated rings. The molecule has 1 saturated heterocycles. The maximum absolute atomic E-state index is 12.6. The molecule has 1 aliphatic rings. The van der Waals surface area contributed by atoms with Gasteiger partial charge >= 0.3 is 0 Å². The number of anilines is 1. The van der Waals surface area contributed by atoms with E-state index in [1.54, 1.807) is 0 Å². The Morgan fingerprint density at radius 1 is 1.45 bits per heavy atom. The Balaban J connectivity index is 2.29. The molecule has 2 rings (SSSR count). The Kier molecular flexibility index (Phi) is 3.96. The molecule has 1 aromatic rings. The minimum atomic E-state index is -3.63. The standard InChI is InChI=1S/C11H19N5O3S/c1-8-6-16(7-11(2,3)19-8)20(17,18)9-4-13-10(15-12)14-5-9/h4-5,8H,6-7,12H2,1-3H3,(H,13,14,15). The van der Waals surface area contributed by atoms with E-state index in [9.17, 15) is 8.42 Å². The number of ether oxygens (including phenoxy) is 1. The molecular formula is C11H19N5O3S. The Bertz CT molecular complexity index is 572. The molecule has 0 aliphatic carbocycles. The molecule has 0 spiro atoms. The summed E-state index contributed by atoms with van der Waals surface area (Å²) in [6.07, 6.45) is 2.31. The van der Waals surface area contributed by atoms with Crippen molar-refractivity contribution in [3.63, 3.8) is 0 Å². The first-order valence-electron chi connectivity index (χ1n) is 6.21. The van der Waals surface area contributed by atoms with Gasteiger partial charge in [-0.1, -0.05) is 0 Å². The zero-order valence-corrected chi connectivity index (χ0v) is 12.5. The first kappa shape index (κ1) is 15.1. The van der Waals surface area contributed by atoms with E-state index < -0.39 is 15.6 Å². The normalized spacial score (nSPS) is 23.5. The van der Waals surface area contributed by atoms with E-state index in [0.717, 1.165) is 0 Å². The van der Waals surface area contributed by atoms with Gasteiger partial charge in [0.2, 0.25) is 16.0 Å². The summed E-state index contributed by atoms with van der Waals surface area (Å²) in [5, 5.41) is 0. The van der Waals surface area contributed by atoms with Gasteiger partial charge in [-0.05, 0) is 20.8 Å². The van der Waals surface area contributed by atoms with E-state index in [1.165, 1.54) is 16.7 Å². The summed E-state index contributed by atoms with van der Waals surface area (Å²) < 4.78 is 32.2. The van der Waals surface area contributed by atoms with Gasteiger partial charge in [-0.25, -0.2) is 24.2 Å². The van der Waals surface area contributed by atoms with E-state index in [0.29, 0.717) is 6.54 Å². The van der Waals surface area contributed by atoms with E-state index in [-0.39, 0.29) is 23.5 Å². The average molecular weight is 301 g/mol. The largest absolute Gasteiger partial charge is 0.370 e. The summed E-state index contributed by atoms with van der Waals surface area (Å²) in [7, 11) is -3.63. The summed E-state index contributed by atoms with van der Waals surface area (Å²) >= 11 is 0. The predicted molar refractivity (Wildman–Crippen MR) is 73.2 cm³/mol. The van der Waals surface area contributed by atoms with E-state index >= 15 is 0 Å². The number of hydrazine groups is 1. The number of aromatic nitrogens is 2. The first-order valence-corrected chi connectivity index (χ1v) is 7.65. The van der Waals surface area contributed by atoms with Gasteiger partial charge in [-0.15, -0.1) is 0 Å².